The molecule has 12 heteroatoms. The number of fused-ring (bicyclic) bond motifs is 2. The first-order valence-electron chi connectivity index (χ1n) is 11.1. The Hall–Kier alpha value is -2.83. The molecular formula is C23H23ClF2N4O5. The number of aliphatic hydroxyl groups excluding tert-OH is 2. The number of rotatable bonds is 8. The van der Waals surface area contributed by atoms with Gasteiger partial charge in [-0.15, -0.1) is 0 Å². The van der Waals surface area contributed by atoms with E-state index in [9.17, 15) is 13.9 Å². The summed E-state index contributed by atoms with van der Waals surface area (Å²) in [4.78, 5) is 11.6. The Kier molecular flexibility index (Phi) is 6.85. The first kappa shape index (κ1) is 23.9. The third-order valence-corrected chi connectivity index (χ3v) is 6.14. The molecule has 186 valence electrons. The zero-order valence-electron chi connectivity index (χ0n) is 18.4. The van der Waals surface area contributed by atoms with Gasteiger partial charge in [-0.2, -0.15) is 4.98 Å². The Morgan fingerprint density at radius 2 is 1.94 bits per heavy atom. The van der Waals surface area contributed by atoms with Gasteiger partial charge in [0.1, 0.15) is 35.8 Å². The molecule has 4 atom stereocenters. The first-order chi connectivity index (χ1) is 16.9. The van der Waals surface area contributed by atoms with Crippen molar-refractivity contribution in [2.45, 2.75) is 37.4 Å². The van der Waals surface area contributed by atoms with E-state index in [1.807, 2.05) is 0 Å². The number of imidazole rings is 1. The van der Waals surface area contributed by atoms with Gasteiger partial charge < -0.3 is 34.7 Å². The molecule has 1 aromatic carbocycles. The lowest BCUT2D eigenvalue weighted by atomic mass is 10.1. The van der Waals surface area contributed by atoms with Crippen LogP contribution in [0.3, 0.4) is 0 Å². The normalized spacial score (nSPS) is 23.9. The van der Waals surface area contributed by atoms with Crippen LogP contribution in [0.15, 0.2) is 24.3 Å². The number of aromatic nitrogens is 3. The van der Waals surface area contributed by atoms with Crippen LogP contribution >= 0.6 is 11.6 Å². The van der Waals surface area contributed by atoms with E-state index in [4.69, 9.17) is 30.9 Å². The molecule has 2 saturated heterocycles. The Balaban J connectivity index is 1.29. The van der Waals surface area contributed by atoms with Gasteiger partial charge in [0.2, 0.25) is 0 Å². The topological polar surface area (TPSA) is 122 Å². The third kappa shape index (κ3) is 4.95. The summed E-state index contributed by atoms with van der Waals surface area (Å²) in [6, 6.07) is 4.20. The van der Waals surface area contributed by atoms with Crippen molar-refractivity contribution in [3.05, 3.63) is 52.1 Å². The van der Waals surface area contributed by atoms with E-state index >= 15 is 0 Å². The number of H-pyrrole nitrogens is 1. The minimum absolute atomic E-state index is 0.0419. The highest BCUT2D eigenvalue weighted by molar-refractivity contribution is 6.33. The van der Waals surface area contributed by atoms with Gasteiger partial charge in [0.15, 0.2) is 11.8 Å². The molecule has 2 aliphatic heterocycles. The zero-order valence-corrected chi connectivity index (χ0v) is 19.1. The molecule has 0 unspecified atom stereocenters. The van der Waals surface area contributed by atoms with Crippen LogP contribution in [0.4, 0.5) is 14.6 Å². The smallest absolute Gasteiger partial charge is 0.296 e. The summed E-state index contributed by atoms with van der Waals surface area (Å²) in [6.45, 7) is 0.204. The molecule has 2 aliphatic rings. The van der Waals surface area contributed by atoms with E-state index in [0.717, 1.165) is 0 Å². The van der Waals surface area contributed by atoms with Gasteiger partial charge in [0.05, 0.1) is 23.8 Å². The van der Waals surface area contributed by atoms with Crippen LogP contribution in [0.1, 0.15) is 17.5 Å². The number of anilines is 1. The van der Waals surface area contributed by atoms with Crippen molar-refractivity contribution in [3.63, 3.8) is 0 Å². The number of pyridine rings is 1. The molecule has 9 nitrogen and oxygen atoms in total. The molecule has 0 spiro atoms. The molecule has 0 saturated carbocycles. The van der Waals surface area contributed by atoms with E-state index in [1.165, 1.54) is 12.1 Å². The molecule has 5 rings (SSSR count). The van der Waals surface area contributed by atoms with Crippen LogP contribution in [0, 0.1) is 11.6 Å². The molecule has 0 amide bonds. The molecule has 4 heterocycles. The number of nitrogens with zero attached hydrogens (tertiary/aromatic N) is 2. The average molecular weight is 509 g/mol. The highest BCUT2D eigenvalue weighted by Crippen LogP contribution is 2.31. The molecule has 3 aromatic rings. The predicted molar refractivity (Wildman–Crippen MR) is 123 cm³/mol. The van der Waals surface area contributed by atoms with Crippen molar-refractivity contribution in [1.29, 1.82) is 0 Å². The van der Waals surface area contributed by atoms with Crippen LogP contribution in [0.5, 0.6) is 6.01 Å². The lowest BCUT2D eigenvalue weighted by Gasteiger charge is -2.15. The Labute approximate surface area is 203 Å². The van der Waals surface area contributed by atoms with Gasteiger partial charge in [-0.1, -0.05) is 23.8 Å². The maximum atomic E-state index is 14.5. The number of hydrogen-bond donors (Lipinski definition) is 4. The highest BCUT2D eigenvalue weighted by Gasteiger charge is 2.48. The lowest BCUT2D eigenvalue weighted by molar-refractivity contribution is 0.00706. The van der Waals surface area contributed by atoms with E-state index < -0.39 is 36.1 Å². The summed E-state index contributed by atoms with van der Waals surface area (Å²) in [6.07, 6.45) is 1.61. The number of halogens is 3. The van der Waals surface area contributed by atoms with Crippen LogP contribution in [-0.2, 0) is 16.0 Å². The Morgan fingerprint density at radius 3 is 2.71 bits per heavy atom. The average Bonchev–Trinajstić information content (AvgIpc) is 3.50. The number of benzene rings is 1. The lowest BCUT2D eigenvalue weighted by Crippen LogP contribution is -2.34. The summed E-state index contributed by atoms with van der Waals surface area (Å²) in [5, 5.41) is 21.8. The Bertz CT molecular complexity index is 1230. The molecule has 35 heavy (non-hydrogen) atoms. The number of aromatic amines is 1. The van der Waals surface area contributed by atoms with Crippen LogP contribution in [0.25, 0.3) is 17.2 Å². The number of hydrogen-bond acceptors (Lipinski definition) is 8. The quantitative estimate of drug-likeness (QED) is 0.366. The number of ether oxygens (including phenoxy) is 3. The van der Waals surface area contributed by atoms with Crippen LogP contribution in [-0.4, -0.2) is 69.4 Å². The monoisotopic (exact) mass is 508 g/mol. The maximum absolute atomic E-state index is 14.5. The zero-order chi connectivity index (χ0) is 24.5. The van der Waals surface area contributed by atoms with Gasteiger partial charge in [-0.25, -0.2) is 13.8 Å². The van der Waals surface area contributed by atoms with Gasteiger partial charge in [-0.05, 0) is 30.2 Å². The fourth-order valence-corrected chi connectivity index (χ4v) is 4.34. The summed E-state index contributed by atoms with van der Waals surface area (Å²) in [5.41, 5.74) is 0.994. The second-order valence-corrected chi connectivity index (χ2v) is 8.69. The van der Waals surface area contributed by atoms with Crippen LogP contribution in [0.2, 0.25) is 5.02 Å². The molecule has 0 radical (unpaired) electrons. The van der Waals surface area contributed by atoms with E-state index in [-0.39, 0.29) is 48.8 Å². The van der Waals surface area contributed by atoms with Crippen molar-refractivity contribution in [2.24, 2.45) is 0 Å². The molecule has 4 N–H and O–H groups in total. The molecule has 0 bridgehead atoms. The van der Waals surface area contributed by atoms with E-state index in [1.54, 1.807) is 18.2 Å². The largest absolute Gasteiger partial charge is 0.456 e. The van der Waals surface area contributed by atoms with Crippen molar-refractivity contribution in [1.82, 2.24) is 15.0 Å². The van der Waals surface area contributed by atoms with Crippen LogP contribution < -0.4 is 10.1 Å². The minimum Gasteiger partial charge on any atom is -0.456 e. The van der Waals surface area contributed by atoms with Crippen molar-refractivity contribution in [3.8, 4) is 6.01 Å². The summed E-state index contributed by atoms with van der Waals surface area (Å²) >= 11 is 6.32. The SMILES string of the molecule is OCC/C=C/c1cc(F)c(CNc2nc3nc(O[C@@H]4CO[C@H]5[C@@H]4OC[C@H]5O)[nH]c3cc2Cl)c(F)c1. The maximum Gasteiger partial charge on any atom is 0.296 e. The number of nitrogens with one attached hydrogen (secondary N) is 2. The molecular weight excluding hydrogens is 486 g/mol. The summed E-state index contributed by atoms with van der Waals surface area (Å²) in [5.74, 6) is -1.23. The number of aliphatic hydroxyl groups is 2. The molecule has 0 aliphatic carbocycles. The Morgan fingerprint density at radius 1 is 1.17 bits per heavy atom. The fourth-order valence-electron chi connectivity index (χ4n) is 4.12. The van der Waals surface area contributed by atoms with Crippen molar-refractivity contribution < 1.29 is 33.2 Å². The van der Waals surface area contributed by atoms with Gasteiger partial charge in [0, 0.05) is 18.7 Å². The first-order valence-corrected chi connectivity index (χ1v) is 11.4. The second kappa shape index (κ2) is 10.0. The standard InChI is InChI=1S/C23H23ClF2N4O5/c24-13-7-16-22(30-23(28-16)35-18-10-34-19-17(32)9-33-20(18)19)29-21(13)27-8-12-14(25)5-11(6-15(12)26)3-1-2-4-31/h1,3,5-7,17-20,31-32H,2,4,8-10H2,(H2,27,28,29,30)/b3-1+/t17-,18-,19-,20-/m1/s1. The third-order valence-electron chi connectivity index (χ3n) is 5.85. The van der Waals surface area contributed by atoms with Gasteiger partial charge >= 0.3 is 0 Å². The molecule has 2 fully saturated rings. The van der Waals surface area contributed by atoms with Crippen molar-refractivity contribution in [2.75, 3.05) is 25.1 Å². The van der Waals surface area contributed by atoms with E-state index in [0.29, 0.717) is 23.1 Å². The molecule has 2 aromatic heterocycles. The van der Waals surface area contributed by atoms with Crippen molar-refractivity contribution >= 4 is 34.7 Å². The summed E-state index contributed by atoms with van der Waals surface area (Å²) in [7, 11) is 0. The highest BCUT2D eigenvalue weighted by atomic mass is 35.5. The van der Waals surface area contributed by atoms with Gasteiger partial charge in [0.25, 0.3) is 6.01 Å². The predicted octanol–water partition coefficient (Wildman–Crippen LogP) is 2.80. The van der Waals surface area contributed by atoms with E-state index in [2.05, 4.69) is 20.3 Å². The summed E-state index contributed by atoms with van der Waals surface area (Å²) < 4.78 is 46.0. The fraction of sp³-hybridized carbons (Fsp3) is 0.391. The minimum atomic E-state index is -0.717. The second-order valence-electron chi connectivity index (χ2n) is 8.28. The van der Waals surface area contributed by atoms with Gasteiger partial charge in [-0.3, -0.25) is 0 Å².